The summed E-state index contributed by atoms with van der Waals surface area (Å²) in [5.41, 5.74) is 4.43. The van der Waals surface area contributed by atoms with E-state index in [2.05, 4.69) is 10.3 Å². The minimum Gasteiger partial charge on any atom is -0.329 e. The first-order valence-electron chi connectivity index (χ1n) is 6.69. The molecule has 1 amide bonds. The maximum absolute atomic E-state index is 12.0. The number of nitrogens with zero attached hydrogens (tertiary/aromatic N) is 1. The molecular weight excluding hydrogens is 319 g/mol. The highest BCUT2D eigenvalue weighted by molar-refractivity contribution is 6.31. The first-order valence-corrected chi connectivity index (χ1v) is 7.50. The molecule has 1 rings (SSSR count). The average Bonchev–Trinajstić information content (AvgIpc) is 2.47. The van der Waals surface area contributed by atoms with Crippen LogP contribution in [0.4, 0.5) is 0 Å². The van der Waals surface area contributed by atoms with Crippen LogP contribution < -0.4 is 5.32 Å². The second-order valence-electron chi connectivity index (χ2n) is 4.58. The zero-order chi connectivity index (χ0) is 16.5. The predicted molar refractivity (Wildman–Crippen MR) is 94.7 cm³/mol. The molecule has 0 saturated heterocycles. The number of benzene rings is 1. The van der Waals surface area contributed by atoms with Gasteiger partial charge in [0.2, 0.25) is 0 Å². The summed E-state index contributed by atoms with van der Waals surface area (Å²) < 4.78 is 0. The van der Waals surface area contributed by atoms with Crippen LogP contribution in [0.15, 0.2) is 58.3 Å². The molecule has 0 unspecified atom stereocenters. The largest absolute Gasteiger partial charge is 0.329 e. The molecule has 5 heteroatoms. The maximum Gasteiger partial charge on any atom is 0.255 e. The summed E-state index contributed by atoms with van der Waals surface area (Å²) in [6.45, 7) is 5.59. The van der Waals surface area contributed by atoms with E-state index >= 15 is 0 Å². The molecule has 3 nitrogen and oxygen atoms in total. The molecule has 1 aromatic rings. The number of hydrogen-bond donors (Lipinski definition) is 1. The number of hydrogen-bond acceptors (Lipinski definition) is 2. The Morgan fingerprint density at radius 3 is 2.64 bits per heavy atom. The Morgan fingerprint density at radius 1 is 1.32 bits per heavy atom. The highest BCUT2D eigenvalue weighted by Crippen LogP contribution is 2.14. The predicted octanol–water partition coefficient (Wildman–Crippen LogP) is 5.01. The van der Waals surface area contributed by atoms with Crippen molar-refractivity contribution in [2.75, 3.05) is 0 Å². The second-order valence-corrected chi connectivity index (χ2v) is 5.24. The number of aryl methyl sites for hydroxylation is 1. The van der Waals surface area contributed by atoms with Crippen molar-refractivity contribution in [3.8, 4) is 0 Å². The number of amides is 1. The van der Waals surface area contributed by atoms with E-state index in [4.69, 9.17) is 23.2 Å². The Labute approximate surface area is 141 Å². The van der Waals surface area contributed by atoms with Crippen LogP contribution in [0.3, 0.4) is 0 Å². The van der Waals surface area contributed by atoms with Gasteiger partial charge >= 0.3 is 0 Å². The van der Waals surface area contributed by atoms with Crippen LogP contribution in [0.25, 0.3) is 0 Å². The molecule has 0 radical (unpaired) electrons. The number of carbonyl (C=O) groups excluding carboxylic acids is 1. The Kier molecular flexibility index (Phi) is 7.64. The number of halogens is 2. The van der Waals surface area contributed by atoms with E-state index in [0.717, 1.165) is 11.1 Å². The smallest absolute Gasteiger partial charge is 0.255 e. The van der Waals surface area contributed by atoms with Gasteiger partial charge < -0.3 is 5.32 Å². The molecule has 22 heavy (non-hydrogen) atoms. The van der Waals surface area contributed by atoms with Gasteiger partial charge in [-0.1, -0.05) is 29.3 Å². The van der Waals surface area contributed by atoms with Gasteiger partial charge in [0.25, 0.3) is 5.91 Å². The summed E-state index contributed by atoms with van der Waals surface area (Å²) in [5.74, 6) is -0.215. The van der Waals surface area contributed by atoms with E-state index in [9.17, 15) is 4.79 Å². The maximum atomic E-state index is 12.0. The van der Waals surface area contributed by atoms with E-state index in [1.165, 1.54) is 5.54 Å². The molecule has 0 atom stereocenters. The van der Waals surface area contributed by atoms with Crippen LogP contribution in [-0.4, -0.2) is 12.1 Å². The van der Waals surface area contributed by atoms with Gasteiger partial charge in [-0.3, -0.25) is 9.79 Å². The molecule has 0 saturated carbocycles. The topological polar surface area (TPSA) is 41.5 Å². The highest BCUT2D eigenvalue weighted by atomic mass is 35.5. The highest BCUT2D eigenvalue weighted by Gasteiger charge is 2.04. The number of aliphatic imine (C=N–C) groups is 1. The van der Waals surface area contributed by atoms with Crippen LogP contribution in [-0.2, 0) is 0 Å². The normalized spacial score (nSPS) is 13.1. The van der Waals surface area contributed by atoms with Crippen molar-refractivity contribution < 1.29 is 4.79 Å². The van der Waals surface area contributed by atoms with E-state index < -0.39 is 0 Å². The third kappa shape index (κ3) is 5.88. The van der Waals surface area contributed by atoms with Gasteiger partial charge in [0.1, 0.15) is 0 Å². The van der Waals surface area contributed by atoms with E-state index in [1.54, 1.807) is 36.7 Å². The summed E-state index contributed by atoms with van der Waals surface area (Å²) in [4.78, 5) is 16.1. The van der Waals surface area contributed by atoms with Gasteiger partial charge in [-0.2, -0.15) is 0 Å². The molecule has 1 N–H and O–H groups in total. The number of nitrogens with one attached hydrogen (secondary N) is 1. The fourth-order valence-corrected chi connectivity index (χ4v) is 2.23. The summed E-state index contributed by atoms with van der Waals surface area (Å²) >= 11 is 11.6. The van der Waals surface area contributed by atoms with E-state index in [0.29, 0.717) is 16.3 Å². The first-order chi connectivity index (χ1) is 10.5. The van der Waals surface area contributed by atoms with Crippen molar-refractivity contribution in [2.24, 2.45) is 4.99 Å². The van der Waals surface area contributed by atoms with Gasteiger partial charge in [-0.25, -0.2) is 0 Å². The third-order valence-electron chi connectivity index (χ3n) is 2.74. The zero-order valence-electron chi connectivity index (χ0n) is 12.7. The molecule has 0 spiro atoms. The Bertz CT molecular complexity index is 638. The fraction of sp³-hybridized carbons (Fsp3) is 0.176. The van der Waals surface area contributed by atoms with Crippen LogP contribution in [0.2, 0.25) is 5.02 Å². The molecular formula is C17H18Cl2N2O. The molecule has 0 heterocycles. The molecule has 0 aliphatic rings. The van der Waals surface area contributed by atoms with E-state index in [1.807, 2.05) is 26.8 Å². The lowest BCUT2D eigenvalue weighted by Gasteiger charge is -2.02. The Morgan fingerprint density at radius 2 is 2.05 bits per heavy atom. The number of carbonyl (C=O) groups is 1. The average molecular weight is 337 g/mol. The minimum absolute atomic E-state index is 0.215. The molecule has 0 bridgehead atoms. The fourth-order valence-electron chi connectivity index (χ4n) is 1.71. The lowest BCUT2D eigenvalue weighted by atomic mass is 10.1. The van der Waals surface area contributed by atoms with Gasteiger partial charge in [0.05, 0.1) is 5.70 Å². The molecule has 116 valence electrons. The van der Waals surface area contributed by atoms with Crippen molar-refractivity contribution in [3.05, 3.63) is 69.5 Å². The van der Waals surface area contributed by atoms with Crippen molar-refractivity contribution >= 4 is 35.3 Å². The molecule has 0 aromatic heterocycles. The summed E-state index contributed by atoms with van der Waals surface area (Å²) in [6.07, 6.45) is 6.75. The number of allylic oxidation sites excluding steroid dienone is 3. The van der Waals surface area contributed by atoms with Crippen LogP contribution in [0, 0.1) is 6.92 Å². The molecule has 0 aliphatic carbocycles. The van der Waals surface area contributed by atoms with Crippen molar-refractivity contribution in [1.29, 1.82) is 0 Å². The van der Waals surface area contributed by atoms with Crippen LogP contribution >= 0.6 is 23.2 Å². The van der Waals surface area contributed by atoms with E-state index in [-0.39, 0.29) is 5.91 Å². The quantitative estimate of drug-likeness (QED) is 0.596. The van der Waals surface area contributed by atoms with Gasteiger partial charge in [-0.05, 0) is 56.2 Å². The molecule has 0 aliphatic heterocycles. The Hall–Kier alpha value is -1.84. The lowest BCUT2D eigenvalue weighted by Crippen LogP contribution is -2.16. The second kappa shape index (κ2) is 9.23. The standard InChI is InChI=1S/C17H18Cl2N2O/c1-4-20-16(11-18)13(3)6-5-7-21-17(22)14-8-12(2)9-15(19)10-14/h4-11H,1-3H3,(H,21,22)/b7-5+,13-6-,16-11-,20-4?. The monoisotopic (exact) mass is 336 g/mol. The Balaban J connectivity index is 2.71. The van der Waals surface area contributed by atoms with Crippen molar-refractivity contribution in [2.45, 2.75) is 20.8 Å². The summed E-state index contributed by atoms with van der Waals surface area (Å²) in [7, 11) is 0. The zero-order valence-corrected chi connectivity index (χ0v) is 14.2. The third-order valence-corrected chi connectivity index (χ3v) is 3.16. The van der Waals surface area contributed by atoms with Gasteiger partial charge in [0.15, 0.2) is 0 Å². The van der Waals surface area contributed by atoms with Crippen LogP contribution in [0.5, 0.6) is 0 Å². The lowest BCUT2D eigenvalue weighted by molar-refractivity contribution is 0.0970. The SMILES string of the molecule is CC=NC(=C\Cl)/C(C)=C\C=C\NC(=O)c1cc(C)cc(Cl)c1. The summed E-state index contributed by atoms with van der Waals surface area (Å²) in [5, 5.41) is 3.23. The molecule has 0 fully saturated rings. The van der Waals surface area contributed by atoms with Crippen LogP contribution in [0.1, 0.15) is 29.8 Å². The number of rotatable bonds is 5. The van der Waals surface area contributed by atoms with Crippen molar-refractivity contribution in [3.63, 3.8) is 0 Å². The van der Waals surface area contributed by atoms with Gasteiger partial charge in [0, 0.05) is 28.5 Å². The first kappa shape index (κ1) is 18.2. The minimum atomic E-state index is -0.215. The van der Waals surface area contributed by atoms with Crippen molar-refractivity contribution in [1.82, 2.24) is 5.32 Å². The van der Waals surface area contributed by atoms with Gasteiger partial charge in [-0.15, -0.1) is 0 Å². The summed E-state index contributed by atoms with van der Waals surface area (Å²) in [6, 6.07) is 5.21. The molecule has 1 aromatic carbocycles.